The molecule has 1 aromatic heterocycles. The van der Waals surface area contributed by atoms with E-state index >= 15 is 0 Å². The molecule has 1 aromatic carbocycles. The van der Waals surface area contributed by atoms with Crippen molar-refractivity contribution in [1.82, 2.24) is 14.9 Å². The Morgan fingerprint density at radius 2 is 2.16 bits per heavy atom. The van der Waals surface area contributed by atoms with Crippen LogP contribution in [-0.2, 0) is 24.2 Å². The highest BCUT2D eigenvalue weighted by molar-refractivity contribution is 5.81. The Kier molecular flexibility index (Phi) is 4.03. The van der Waals surface area contributed by atoms with E-state index in [1.54, 1.807) is 12.0 Å². The Morgan fingerprint density at radius 1 is 1.36 bits per heavy atom. The van der Waals surface area contributed by atoms with Crippen molar-refractivity contribution in [3.05, 3.63) is 57.3 Å². The Bertz CT molecular complexity index is 870. The van der Waals surface area contributed by atoms with Crippen LogP contribution in [0.5, 0.6) is 5.75 Å². The molecule has 1 fully saturated rings. The molecule has 6 heteroatoms. The predicted molar refractivity (Wildman–Crippen MR) is 92.5 cm³/mol. The summed E-state index contributed by atoms with van der Waals surface area (Å²) in [7, 11) is 1.63. The summed E-state index contributed by atoms with van der Waals surface area (Å²) >= 11 is 0. The first-order valence-corrected chi connectivity index (χ1v) is 8.67. The molecule has 4 rings (SSSR count). The summed E-state index contributed by atoms with van der Waals surface area (Å²) in [6.07, 6.45) is 3.11. The van der Waals surface area contributed by atoms with Crippen molar-refractivity contribution < 1.29 is 9.53 Å². The molecule has 25 heavy (non-hydrogen) atoms. The number of ether oxygens (including phenoxy) is 1. The van der Waals surface area contributed by atoms with Gasteiger partial charge in [0.05, 0.1) is 24.9 Å². The molecular formula is C19H21N3O3. The molecule has 1 N–H and O–H groups in total. The molecule has 1 aliphatic carbocycles. The van der Waals surface area contributed by atoms with E-state index in [2.05, 4.69) is 9.97 Å². The summed E-state index contributed by atoms with van der Waals surface area (Å²) in [6, 6.07) is 7.72. The normalized spacial score (nSPS) is 16.4. The third-order valence-electron chi connectivity index (χ3n) is 4.91. The summed E-state index contributed by atoms with van der Waals surface area (Å²) in [5.74, 6) is 1.78. The Hall–Kier alpha value is -2.63. The third-order valence-corrected chi connectivity index (χ3v) is 4.91. The van der Waals surface area contributed by atoms with Gasteiger partial charge in [-0.2, -0.15) is 0 Å². The number of para-hydroxylation sites is 1. The number of hydrogen-bond donors (Lipinski definition) is 1. The number of aromatic amines is 1. The number of methoxy groups -OCH3 is 1. The van der Waals surface area contributed by atoms with Crippen LogP contribution in [0.2, 0.25) is 0 Å². The Balaban J connectivity index is 1.58. The van der Waals surface area contributed by atoms with Gasteiger partial charge in [0, 0.05) is 30.9 Å². The van der Waals surface area contributed by atoms with Gasteiger partial charge >= 0.3 is 0 Å². The van der Waals surface area contributed by atoms with E-state index in [1.165, 1.54) is 0 Å². The number of rotatable bonds is 4. The van der Waals surface area contributed by atoms with Crippen molar-refractivity contribution in [2.45, 2.75) is 32.2 Å². The largest absolute Gasteiger partial charge is 0.496 e. The molecule has 6 nitrogen and oxygen atoms in total. The van der Waals surface area contributed by atoms with Gasteiger partial charge in [0.15, 0.2) is 0 Å². The molecule has 2 aliphatic rings. The molecule has 0 radical (unpaired) electrons. The van der Waals surface area contributed by atoms with Gasteiger partial charge in [-0.1, -0.05) is 18.2 Å². The lowest BCUT2D eigenvalue weighted by molar-refractivity contribution is -0.133. The standard InChI is InChI=1S/C19H21N3O3/c1-25-16-5-3-2-4-13(16)10-17-20-15-8-9-22(19(24)12-6-7-12)11-14(15)18(23)21-17/h2-5,12H,6-11H2,1H3,(H,20,21,23). The molecule has 0 atom stereocenters. The number of carbonyl (C=O) groups is 1. The second kappa shape index (κ2) is 6.35. The van der Waals surface area contributed by atoms with Crippen LogP contribution in [-0.4, -0.2) is 34.4 Å². The van der Waals surface area contributed by atoms with Crippen molar-refractivity contribution in [1.29, 1.82) is 0 Å². The lowest BCUT2D eigenvalue weighted by Crippen LogP contribution is -2.40. The monoisotopic (exact) mass is 339 g/mol. The number of H-pyrrole nitrogens is 1. The summed E-state index contributed by atoms with van der Waals surface area (Å²) in [5, 5.41) is 0. The van der Waals surface area contributed by atoms with Gasteiger partial charge < -0.3 is 14.6 Å². The van der Waals surface area contributed by atoms with Crippen LogP contribution < -0.4 is 10.3 Å². The van der Waals surface area contributed by atoms with Gasteiger partial charge in [-0.15, -0.1) is 0 Å². The average Bonchev–Trinajstić information content (AvgIpc) is 3.46. The Morgan fingerprint density at radius 3 is 2.92 bits per heavy atom. The molecule has 0 bridgehead atoms. The highest BCUT2D eigenvalue weighted by Gasteiger charge is 2.35. The first kappa shape index (κ1) is 15.9. The van der Waals surface area contributed by atoms with Gasteiger partial charge in [0.25, 0.3) is 5.56 Å². The highest BCUT2D eigenvalue weighted by Crippen LogP contribution is 2.32. The predicted octanol–water partition coefficient (Wildman–Crippen LogP) is 1.66. The molecule has 0 unspecified atom stereocenters. The van der Waals surface area contributed by atoms with Gasteiger partial charge in [-0.05, 0) is 18.9 Å². The minimum absolute atomic E-state index is 0.136. The van der Waals surface area contributed by atoms with Gasteiger partial charge in [-0.3, -0.25) is 9.59 Å². The van der Waals surface area contributed by atoms with Crippen molar-refractivity contribution in [3.63, 3.8) is 0 Å². The fourth-order valence-electron chi connectivity index (χ4n) is 3.37. The van der Waals surface area contributed by atoms with E-state index in [1.807, 2.05) is 24.3 Å². The number of nitrogens with one attached hydrogen (secondary N) is 1. The number of aromatic nitrogens is 2. The van der Waals surface area contributed by atoms with Gasteiger partial charge in [0.1, 0.15) is 11.6 Å². The zero-order valence-corrected chi connectivity index (χ0v) is 14.2. The van der Waals surface area contributed by atoms with Crippen LogP contribution in [0.4, 0.5) is 0 Å². The molecule has 1 aliphatic heterocycles. The van der Waals surface area contributed by atoms with E-state index in [0.717, 1.165) is 29.8 Å². The minimum Gasteiger partial charge on any atom is -0.496 e. The van der Waals surface area contributed by atoms with Gasteiger partial charge in [0.2, 0.25) is 5.91 Å². The minimum atomic E-state index is -0.136. The topological polar surface area (TPSA) is 75.3 Å². The first-order chi connectivity index (χ1) is 12.2. The molecule has 0 saturated heterocycles. The number of hydrogen-bond acceptors (Lipinski definition) is 4. The number of nitrogens with zero attached hydrogens (tertiary/aromatic N) is 2. The second-order valence-corrected chi connectivity index (χ2v) is 6.71. The number of amides is 1. The average molecular weight is 339 g/mol. The van der Waals surface area contributed by atoms with Crippen LogP contribution in [0.3, 0.4) is 0 Å². The van der Waals surface area contributed by atoms with Crippen LogP contribution in [0, 0.1) is 5.92 Å². The summed E-state index contributed by atoms with van der Waals surface area (Å²) in [4.78, 5) is 34.1. The molecular weight excluding hydrogens is 318 g/mol. The van der Waals surface area contributed by atoms with Gasteiger partial charge in [-0.25, -0.2) is 4.98 Å². The van der Waals surface area contributed by atoms with Crippen molar-refractivity contribution in [3.8, 4) is 5.75 Å². The molecule has 130 valence electrons. The molecule has 1 saturated carbocycles. The van der Waals surface area contributed by atoms with Crippen molar-refractivity contribution in [2.24, 2.45) is 5.92 Å². The van der Waals surface area contributed by atoms with E-state index in [4.69, 9.17) is 4.74 Å². The zero-order chi connectivity index (χ0) is 17.4. The fraction of sp³-hybridized carbons (Fsp3) is 0.421. The van der Waals surface area contributed by atoms with Crippen molar-refractivity contribution in [2.75, 3.05) is 13.7 Å². The molecule has 0 spiro atoms. The number of carbonyl (C=O) groups excluding carboxylic acids is 1. The van der Waals surface area contributed by atoms with Crippen molar-refractivity contribution >= 4 is 5.91 Å². The fourth-order valence-corrected chi connectivity index (χ4v) is 3.37. The smallest absolute Gasteiger partial charge is 0.256 e. The summed E-state index contributed by atoms with van der Waals surface area (Å²) < 4.78 is 5.37. The van der Waals surface area contributed by atoms with Crippen LogP contribution in [0.1, 0.15) is 35.5 Å². The van der Waals surface area contributed by atoms with E-state index < -0.39 is 0 Å². The second-order valence-electron chi connectivity index (χ2n) is 6.71. The lowest BCUT2D eigenvalue weighted by atomic mass is 10.1. The Labute approximate surface area is 145 Å². The van der Waals surface area contributed by atoms with E-state index in [-0.39, 0.29) is 17.4 Å². The summed E-state index contributed by atoms with van der Waals surface area (Å²) in [6.45, 7) is 1.02. The van der Waals surface area contributed by atoms with Crippen LogP contribution in [0.15, 0.2) is 29.1 Å². The maximum absolute atomic E-state index is 12.5. The third kappa shape index (κ3) is 3.16. The summed E-state index contributed by atoms with van der Waals surface area (Å²) in [5.41, 5.74) is 2.29. The quantitative estimate of drug-likeness (QED) is 0.919. The number of fused-ring (bicyclic) bond motifs is 1. The first-order valence-electron chi connectivity index (χ1n) is 8.67. The molecule has 2 heterocycles. The molecule has 2 aromatic rings. The zero-order valence-electron chi connectivity index (χ0n) is 14.2. The lowest BCUT2D eigenvalue weighted by Gasteiger charge is -2.28. The van der Waals surface area contributed by atoms with E-state index in [9.17, 15) is 9.59 Å². The van der Waals surface area contributed by atoms with Crippen LogP contribution >= 0.6 is 0 Å². The number of benzene rings is 1. The SMILES string of the molecule is COc1ccccc1Cc1nc2c(c(=O)[nH]1)CN(C(=O)C1CC1)CC2. The maximum atomic E-state index is 12.5. The highest BCUT2D eigenvalue weighted by atomic mass is 16.5. The van der Waals surface area contributed by atoms with Crippen LogP contribution in [0.25, 0.3) is 0 Å². The molecule has 1 amide bonds. The van der Waals surface area contributed by atoms with E-state index in [0.29, 0.717) is 37.3 Å². The maximum Gasteiger partial charge on any atom is 0.256 e.